The number of aryl methyl sites for hydroxylation is 1. The lowest BCUT2D eigenvalue weighted by atomic mass is 10.1. The van der Waals surface area contributed by atoms with E-state index in [1.54, 1.807) is 24.3 Å². The van der Waals surface area contributed by atoms with Crippen molar-refractivity contribution in [1.29, 1.82) is 0 Å². The second kappa shape index (κ2) is 7.61. The summed E-state index contributed by atoms with van der Waals surface area (Å²) in [6, 6.07) is 29.0. The summed E-state index contributed by atoms with van der Waals surface area (Å²) in [5.41, 5.74) is 1.59. The molecular weight excluding hydrogens is 392 g/mol. The summed E-state index contributed by atoms with van der Waals surface area (Å²) in [7, 11) is 1.94. The van der Waals surface area contributed by atoms with Gasteiger partial charge in [-0.2, -0.15) is 4.99 Å². The van der Waals surface area contributed by atoms with E-state index in [1.165, 1.54) is 22.1 Å². The van der Waals surface area contributed by atoms with Crippen molar-refractivity contribution in [3.8, 4) is 11.5 Å². The molecule has 0 aliphatic heterocycles. The van der Waals surface area contributed by atoms with Gasteiger partial charge in [0.1, 0.15) is 11.5 Å². The summed E-state index contributed by atoms with van der Waals surface area (Å²) in [6.45, 7) is 0. The van der Waals surface area contributed by atoms with E-state index in [9.17, 15) is 4.79 Å². The van der Waals surface area contributed by atoms with Crippen LogP contribution >= 0.6 is 11.3 Å². The third-order valence-electron chi connectivity index (χ3n) is 4.98. The van der Waals surface area contributed by atoms with Crippen molar-refractivity contribution in [3.63, 3.8) is 0 Å². The molecule has 0 N–H and O–H groups in total. The second-order valence-electron chi connectivity index (χ2n) is 6.94. The molecule has 0 spiro atoms. The monoisotopic (exact) mass is 410 g/mol. The minimum absolute atomic E-state index is 0.271. The average molecular weight is 410 g/mol. The number of carbonyl (C=O) groups excluding carboxylic acids is 1. The van der Waals surface area contributed by atoms with Crippen LogP contribution in [0.1, 0.15) is 10.4 Å². The molecule has 0 aliphatic carbocycles. The zero-order chi connectivity index (χ0) is 20.5. The SMILES string of the molecule is Cn1c(=NC(=O)c2ccc(Oc3ccccc3)cc2)sc2c3ccccc3ccc21. The van der Waals surface area contributed by atoms with Gasteiger partial charge in [0.25, 0.3) is 5.91 Å². The Morgan fingerprint density at radius 3 is 2.33 bits per heavy atom. The van der Waals surface area contributed by atoms with E-state index in [0.29, 0.717) is 16.1 Å². The molecule has 0 saturated heterocycles. The number of thiazole rings is 1. The Balaban J connectivity index is 1.47. The van der Waals surface area contributed by atoms with Gasteiger partial charge in [0, 0.05) is 18.0 Å². The quantitative estimate of drug-likeness (QED) is 0.370. The van der Waals surface area contributed by atoms with E-state index in [0.717, 1.165) is 16.0 Å². The molecule has 30 heavy (non-hydrogen) atoms. The summed E-state index contributed by atoms with van der Waals surface area (Å²) in [5.74, 6) is 1.16. The molecule has 4 nitrogen and oxygen atoms in total. The van der Waals surface area contributed by atoms with Crippen LogP contribution in [0.25, 0.3) is 21.0 Å². The summed E-state index contributed by atoms with van der Waals surface area (Å²) >= 11 is 1.53. The van der Waals surface area contributed by atoms with Crippen molar-refractivity contribution in [2.24, 2.45) is 12.0 Å². The number of amides is 1. The van der Waals surface area contributed by atoms with Crippen molar-refractivity contribution in [2.75, 3.05) is 0 Å². The molecule has 1 amide bonds. The first-order chi connectivity index (χ1) is 14.7. The van der Waals surface area contributed by atoms with Crippen molar-refractivity contribution >= 4 is 38.2 Å². The van der Waals surface area contributed by atoms with Crippen molar-refractivity contribution in [1.82, 2.24) is 4.57 Å². The highest BCUT2D eigenvalue weighted by Gasteiger charge is 2.10. The molecule has 5 heteroatoms. The fourth-order valence-corrected chi connectivity index (χ4v) is 4.56. The van der Waals surface area contributed by atoms with Gasteiger partial charge in [-0.1, -0.05) is 59.9 Å². The first kappa shape index (κ1) is 18.3. The Morgan fingerprint density at radius 1 is 0.833 bits per heavy atom. The van der Waals surface area contributed by atoms with Gasteiger partial charge in [0.2, 0.25) is 0 Å². The third kappa shape index (κ3) is 3.40. The van der Waals surface area contributed by atoms with E-state index < -0.39 is 0 Å². The highest BCUT2D eigenvalue weighted by atomic mass is 32.1. The summed E-state index contributed by atoms with van der Waals surface area (Å²) in [5, 5.41) is 2.35. The normalized spacial score (nSPS) is 11.8. The van der Waals surface area contributed by atoms with E-state index in [1.807, 2.05) is 54.1 Å². The summed E-state index contributed by atoms with van der Waals surface area (Å²) in [6.07, 6.45) is 0. The lowest BCUT2D eigenvalue weighted by molar-refractivity contribution is 0.0998. The second-order valence-corrected chi connectivity index (χ2v) is 7.91. The first-order valence-electron chi connectivity index (χ1n) is 9.58. The molecule has 5 rings (SSSR count). The van der Waals surface area contributed by atoms with Crippen LogP contribution in [-0.2, 0) is 7.05 Å². The van der Waals surface area contributed by atoms with Crippen LogP contribution in [0.15, 0.2) is 96.0 Å². The molecule has 0 atom stereocenters. The molecule has 0 radical (unpaired) electrons. The number of hydrogen-bond acceptors (Lipinski definition) is 3. The molecule has 0 saturated carbocycles. The van der Waals surface area contributed by atoms with Gasteiger partial charge >= 0.3 is 0 Å². The standard InChI is InChI=1S/C25H18N2O2S/c1-27-22-16-13-17-7-5-6-10-21(17)23(22)30-25(27)26-24(28)18-11-14-20(15-12-18)29-19-8-3-2-4-9-19/h2-16H,1H3. The number of benzene rings is 4. The van der Waals surface area contributed by atoms with E-state index in [4.69, 9.17) is 4.74 Å². The molecule has 146 valence electrons. The van der Waals surface area contributed by atoms with Gasteiger partial charge in [-0.05, 0) is 47.9 Å². The van der Waals surface area contributed by atoms with Crippen LogP contribution in [0, 0.1) is 0 Å². The molecule has 1 heterocycles. The van der Waals surface area contributed by atoms with E-state index >= 15 is 0 Å². The number of hydrogen-bond donors (Lipinski definition) is 0. The Bertz CT molecular complexity index is 1430. The highest BCUT2D eigenvalue weighted by molar-refractivity contribution is 7.17. The topological polar surface area (TPSA) is 43.6 Å². The first-order valence-corrected chi connectivity index (χ1v) is 10.4. The predicted molar refractivity (Wildman–Crippen MR) is 121 cm³/mol. The van der Waals surface area contributed by atoms with Crippen LogP contribution in [0.5, 0.6) is 11.5 Å². The Hall–Kier alpha value is -3.70. The van der Waals surface area contributed by atoms with Crippen LogP contribution in [0.3, 0.4) is 0 Å². The Labute approximate surface area is 177 Å². The lowest BCUT2D eigenvalue weighted by Gasteiger charge is -2.05. The van der Waals surface area contributed by atoms with Crippen LogP contribution in [0.4, 0.5) is 0 Å². The van der Waals surface area contributed by atoms with Crippen LogP contribution in [0.2, 0.25) is 0 Å². The van der Waals surface area contributed by atoms with Crippen molar-refractivity contribution in [2.45, 2.75) is 0 Å². The number of carbonyl (C=O) groups is 1. The maximum Gasteiger partial charge on any atom is 0.279 e. The third-order valence-corrected chi connectivity index (χ3v) is 6.16. The molecule has 4 aromatic carbocycles. The number of para-hydroxylation sites is 1. The smallest absolute Gasteiger partial charge is 0.279 e. The largest absolute Gasteiger partial charge is 0.457 e. The number of rotatable bonds is 3. The molecule has 0 unspecified atom stereocenters. The summed E-state index contributed by atoms with van der Waals surface area (Å²) in [4.78, 5) is 17.8. The number of ether oxygens (including phenoxy) is 1. The van der Waals surface area contributed by atoms with Gasteiger partial charge in [-0.25, -0.2) is 0 Å². The zero-order valence-electron chi connectivity index (χ0n) is 16.3. The minimum Gasteiger partial charge on any atom is -0.457 e. The van der Waals surface area contributed by atoms with Crippen LogP contribution in [-0.4, -0.2) is 10.5 Å². The lowest BCUT2D eigenvalue weighted by Crippen LogP contribution is -2.13. The number of fused-ring (bicyclic) bond motifs is 3. The molecule has 5 aromatic rings. The van der Waals surface area contributed by atoms with Crippen molar-refractivity contribution in [3.05, 3.63) is 101 Å². The summed E-state index contributed by atoms with van der Waals surface area (Å²) < 4.78 is 8.89. The van der Waals surface area contributed by atoms with Crippen molar-refractivity contribution < 1.29 is 9.53 Å². The van der Waals surface area contributed by atoms with E-state index in [2.05, 4.69) is 29.3 Å². The highest BCUT2D eigenvalue weighted by Crippen LogP contribution is 2.27. The number of nitrogens with zero attached hydrogens (tertiary/aromatic N) is 2. The minimum atomic E-state index is -0.271. The fraction of sp³-hybridized carbons (Fsp3) is 0.0400. The molecule has 0 aliphatic rings. The van der Waals surface area contributed by atoms with Gasteiger partial charge in [0.05, 0.1) is 10.2 Å². The van der Waals surface area contributed by atoms with Gasteiger partial charge in [-0.15, -0.1) is 0 Å². The Morgan fingerprint density at radius 2 is 1.53 bits per heavy atom. The Kier molecular flexibility index (Phi) is 4.65. The average Bonchev–Trinajstić information content (AvgIpc) is 3.11. The van der Waals surface area contributed by atoms with Gasteiger partial charge in [0.15, 0.2) is 4.80 Å². The van der Waals surface area contributed by atoms with Crippen LogP contribution < -0.4 is 9.54 Å². The van der Waals surface area contributed by atoms with Gasteiger partial charge < -0.3 is 9.30 Å². The molecule has 1 aromatic heterocycles. The van der Waals surface area contributed by atoms with Gasteiger partial charge in [-0.3, -0.25) is 4.79 Å². The zero-order valence-corrected chi connectivity index (χ0v) is 17.1. The number of aromatic nitrogens is 1. The fourth-order valence-electron chi connectivity index (χ4n) is 3.41. The molecule has 0 bridgehead atoms. The van der Waals surface area contributed by atoms with E-state index in [-0.39, 0.29) is 5.91 Å². The predicted octanol–water partition coefficient (Wildman–Crippen LogP) is 5.93. The maximum atomic E-state index is 12.8. The maximum absolute atomic E-state index is 12.8. The molecular formula is C25H18N2O2S. The molecule has 0 fully saturated rings.